The van der Waals surface area contributed by atoms with Gasteiger partial charge >= 0.3 is 0 Å². The molecule has 140 valence electrons. The van der Waals surface area contributed by atoms with Crippen molar-refractivity contribution < 1.29 is 9.47 Å². The summed E-state index contributed by atoms with van der Waals surface area (Å²) in [7, 11) is 1.57. The van der Waals surface area contributed by atoms with Crippen LogP contribution >= 0.6 is 11.6 Å². The molecule has 0 fully saturated rings. The molecule has 0 spiro atoms. The molecule has 4 aromatic rings. The lowest BCUT2D eigenvalue weighted by Crippen LogP contribution is -2.02. The zero-order valence-electron chi connectivity index (χ0n) is 15.0. The Labute approximate surface area is 165 Å². The largest absolute Gasteiger partial charge is 0.493 e. The number of fused-ring (bicyclic) bond motifs is 2. The average molecular weight is 394 g/mol. The lowest BCUT2D eigenvalue weighted by molar-refractivity contribution is 0.313. The van der Waals surface area contributed by atoms with Gasteiger partial charge in [0.2, 0.25) is 0 Å². The number of halogens is 1. The summed E-state index contributed by atoms with van der Waals surface area (Å²) in [6.07, 6.45) is 3.30. The molecule has 0 saturated carbocycles. The summed E-state index contributed by atoms with van der Waals surface area (Å²) in [5.74, 6) is 1.46. The highest BCUT2D eigenvalue weighted by Crippen LogP contribution is 2.37. The predicted octanol–water partition coefficient (Wildman–Crippen LogP) is 4.35. The number of anilines is 2. The Morgan fingerprint density at radius 1 is 1.21 bits per heavy atom. The Bertz CT molecular complexity index is 1200. The van der Waals surface area contributed by atoms with Crippen LogP contribution in [0.4, 0.5) is 11.4 Å². The molecule has 0 aliphatic carbocycles. The van der Waals surface area contributed by atoms with Crippen molar-refractivity contribution in [1.29, 1.82) is 5.26 Å². The van der Waals surface area contributed by atoms with Crippen LogP contribution < -0.4 is 14.8 Å². The second kappa shape index (κ2) is 7.62. The molecule has 0 unspecified atom stereocenters. The zero-order valence-corrected chi connectivity index (χ0v) is 15.7. The summed E-state index contributed by atoms with van der Waals surface area (Å²) in [6.45, 7) is 0.356. The van der Waals surface area contributed by atoms with Crippen molar-refractivity contribution in [3.63, 3.8) is 0 Å². The molecule has 2 heterocycles. The van der Waals surface area contributed by atoms with E-state index in [9.17, 15) is 5.26 Å². The lowest BCUT2D eigenvalue weighted by atomic mass is 10.1. The van der Waals surface area contributed by atoms with Crippen LogP contribution in [0.15, 0.2) is 42.7 Å². The van der Waals surface area contributed by atoms with E-state index in [1.165, 1.54) is 6.20 Å². The highest BCUT2D eigenvalue weighted by molar-refractivity contribution is 6.18. The number of nitrogens with zero attached hydrogens (tertiary/aromatic N) is 3. The number of alkyl halides is 1. The first kappa shape index (κ1) is 17.9. The number of hydrogen-bond acceptors (Lipinski definition) is 6. The average Bonchev–Trinajstić information content (AvgIpc) is 3.19. The SMILES string of the molecule is COc1cc2c(Nc3ccc4cn[nH]c4c3)c(C#N)cnc2cc1OCCCl. The molecule has 2 N–H and O–H groups in total. The number of rotatable bonds is 6. The summed E-state index contributed by atoms with van der Waals surface area (Å²) in [4.78, 5) is 4.39. The van der Waals surface area contributed by atoms with Gasteiger partial charge in [-0.05, 0) is 24.3 Å². The third-order valence-corrected chi connectivity index (χ3v) is 4.47. The highest BCUT2D eigenvalue weighted by Gasteiger charge is 2.15. The van der Waals surface area contributed by atoms with E-state index in [1.54, 1.807) is 19.4 Å². The van der Waals surface area contributed by atoms with E-state index >= 15 is 0 Å². The molecular weight excluding hydrogens is 378 g/mol. The second-order valence-electron chi connectivity index (χ2n) is 6.01. The van der Waals surface area contributed by atoms with E-state index in [4.69, 9.17) is 21.1 Å². The van der Waals surface area contributed by atoms with Gasteiger partial charge in [0.1, 0.15) is 12.7 Å². The van der Waals surface area contributed by atoms with Crippen molar-refractivity contribution in [1.82, 2.24) is 15.2 Å². The molecule has 2 aromatic carbocycles. The quantitative estimate of drug-likeness (QED) is 0.473. The number of benzene rings is 2. The van der Waals surface area contributed by atoms with Gasteiger partial charge in [-0.25, -0.2) is 0 Å². The standard InChI is InChI=1S/C20H16ClN5O2/c1-27-18-7-15-17(8-19(18)28-5-4-21)23-10-13(9-22)20(15)25-14-3-2-12-11-24-26-16(12)6-14/h2-3,6-8,10-11H,4-5H2,1H3,(H,23,25)(H,24,26). The molecule has 0 radical (unpaired) electrons. The fraction of sp³-hybridized carbons (Fsp3) is 0.150. The van der Waals surface area contributed by atoms with Crippen LogP contribution in [-0.4, -0.2) is 34.8 Å². The highest BCUT2D eigenvalue weighted by atomic mass is 35.5. The first-order chi connectivity index (χ1) is 13.7. The molecule has 0 aliphatic rings. The molecule has 8 heteroatoms. The van der Waals surface area contributed by atoms with E-state index in [-0.39, 0.29) is 0 Å². The molecular formula is C20H16ClN5O2. The van der Waals surface area contributed by atoms with Crippen molar-refractivity contribution in [2.75, 3.05) is 24.9 Å². The van der Waals surface area contributed by atoms with E-state index in [0.717, 1.165) is 22.0 Å². The van der Waals surface area contributed by atoms with Crippen LogP contribution in [0.3, 0.4) is 0 Å². The Morgan fingerprint density at radius 2 is 2.11 bits per heavy atom. The molecule has 7 nitrogen and oxygen atoms in total. The zero-order chi connectivity index (χ0) is 19.5. The van der Waals surface area contributed by atoms with Gasteiger partial charge < -0.3 is 14.8 Å². The maximum absolute atomic E-state index is 9.58. The number of ether oxygens (including phenoxy) is 2. The van der Waals surface area contributed by atoms with Crippen LogP contribution in [0.5, 0.6) is 11.5 Å². The van der Waals surface area contributed by atoms with E-state index in [2.05, 4.69) is 26.6 Å². The number of aromatic amines is 1. The molecule has 0 bridgehead atoms. The molecule has 28 heavy (non-hydrogen) atoms. The van der Waals surface area contributed by atoms with Crippen molar-refractivity contribution in [2.45, 2.75) is 0 Å². The minimum Gasteiger partial charge on any atom is -0.493 e. The summed E-state index contributed by atoms with van der Waals surface area (Å²) in [5.41, 5.74) is 3.47. The monoisotopic (exact) mass is 393 g/mol. The van der Waals surface area contributed by atoms with Crippen molar-refractivity contribution >= 4 is 44.8 Å². The van der Waals surface area contributed by atoms with Gasteiger partial charge in [-0.3, -0.25) is 10.1 Å². The summed E-state index contributed by atoms with van der Waals surface area (Å²) in [6, 6.07) is 11.6. The Kier molecular flexibility index (Phi) is 4.87. The first-order valence-electron chi connectivity index (χ1n) is 8.53. The maximum Gasteiger partial charge on any atom is 0.163 e. The minimum absolute atomic E-state index is 0.356. The number of nitriles is 1. The smallest absolute Gasteiger partial charge is 0.163 e. The number of hydrogen-bond donors (Lipinski definition) is 2. The van der Waals surface area contributed by atoms with E-state index < -0.39 is 0 Å². The van der Waals surface area contributed by atoms with Gasteiger partial charge in [-0.1, -0.05) is 0 Å². The molecule has 0 aliphatic heterocycles. The van der Waals surface area contributed by atoms with Crippen LogP contribution in [0.1, 0.15) is 5.56 Å². The van der Waals surface area contributed by atoms with Gasteiger partial charge in [0.25, 0.3) is 0 Å². The first-order valence-corrected chi connectivity index (χ1v) is 9.06. The third-order valence-electron chi connectivity index (χ3n) is 4.32. The van der Waals surface area contributed by atoms with Gasteiger partial charge in [0, 0.05) is 28.7 Å². The minimum atomic E-state index is 0.356. The maximum atomic E-state index is 9.58. The Morgan fingerprint density at radius 3 is 2.89 bits per heavy atom. The van der Waals surface area contributed by atoms with Crippen molar-refractivity contribution in [3.8, 4) is 17.6 Å². The number of H-pyrrole nitrogens is 1. The fourth-order valence-corrected chi connectivity index (χ4v) is 3.08. The molecule has 0 saturated heterocycles. The van der Waals surface area contributed by atoms with Crippen LogP contribution in [-0.2, 0) is 0 Å². The van der Waals surface area contributed by atoms with Crippen molar-refractivity contribution in [3.05, 3.63) is 48.3 Å². The molecule has 4 rings (SSSR count). The number of pyridine rings is 1. The van der Waals surface area contributed by atoms with Crippen molar-refractivity contribution in [2.24, 2.45) is 0 Å². The summed E-state index contributed by atoms with van der Waals surface area (Å²) in [5, 5.41) is 21.6. The van der Waals surface area contributed by atoms with E-state index in [0.29, 0.717) is 40.8 Å². The van der Waals surface area contributed by atoms with Gasteiger partial charge in [-0.15, -0.1) is 11.6 Å². The summed E-state index contributed by atoms with van der Waals surface area (Å²) >= 11 is 5.72. The molecule has 0 atom stereocenters. The molecule has 0 amide bonds. The topological polar surface area (TPSA) is 95.8 Å². The summed E-state index contributed by atoms with van der Waals surface area (Å²) < 4.78 is 11.1. The normalized spacial score (nSPS) is 10.8. The lowest BCUT2D eigenvalue weighted by Gasteiger charge is -2.15. The second-order valence-corrected chi connectivity index (χ2v) is 6.39. The van der Waals surface area contributed by atoms with Crippen LogP contribution in [0, 0.1) is 11.3 Å². The molecule has 2 aromatic heterocycles. The Balaban J connectivity index is 1.83. The number of methoxy groups -OCH3 is 1. The van der Waals surface area contributed by atoms with Gasteiger partial charge in [0.15, 0.2) is 11.5 Å². The van der Waals surface area contributed by atoms with Crippen LogP contribution in [0.25, 0.3) is 21.8 Å². The Hall–Kier alpha value is -3.50. The number of nitrogens with one attached hydrogen (secondary N) is 2. The third kappa shape index (κ3) is 3.26. The van der Waals surface area contributed by atoms with E-state index in [1.807, 2.05) is 24.3 Å². The van der Waals surface area contributed by atoms with Crippen LogP contribution in [0.2, 0.25) is 0 Å². The van der Waals surface area contributed by atoms with Gasteiger partial charge in [0.05, 0.1) is 41.5 Å². The fourth-order valence-electron chi connectivity index (χ4n) is 3.00. The number of aromatic nitrogens is 3. The predicted molar refractivity (Wildman–Crippen MR) is 109 cm³/mol. The van der Waals surface area contributed by atoms with Gasteiger partial charge in [-0.2, -0.15) is 10.4 Å².